The van der Waals surface area contributed by atoms with Crippen LogP contribution in [0.4, 0.5) is 29.1 Å². The van der Waals surface area contributed by atoms with Gasteiger partial charge in [-0.2, -0.15) is 0 Å². The molecule has 0 aliphatic heterocycles. The fourth-order valence-corrected chi connectivity index (χ4v) is 12.6. The average molecular weight is 1960 g/mol. The average Bonchev–Trinajstić information content (AvgIpc) is 1.58. The molecule has 0 amide bonds. The molecule has 0 aliphatic rings. The number of ether oxygens (including phenoxy) is 1. The number of pyridine rings is 8. The van der Waals surface area contributed by atoms with E-state index in [2.05, 4.69) is 187 Å². The van der Waals surface area contributed by atoms with Crippen molar-refractivity contribution in [3.63, 3.8) is 0 Å². The van der Waals surface area contributed by atoms with E-state index in [1.165, 1.54) is 65.1 Å². The van der Waals surface area contributed by atoms with E-state index in [-0.39, 0.29) is 63.4 Å². The van der Waals surface area contributed by atoms with Gasteiger partial charge in [0.1, 0.15) is 63.7 Å². The molecule has 663 valence electrons. The molecule has 41 heteroatoms. The molecule has 0 spiro atoms. The number of methoxy groups -OCH3 is 1. The Morgan fingerprint density at radius 2 is 0.946 bits per heavy atom. The minimum Gasteiger partial charge on any atom is -0.506 e. The molecule has 1 atom stereocenters. The van der Waals surface area contributed by atoms with Gasteiger partial charge in [0, 0.05) is 187 Å². The van der Waals surface area contributed by atoms with Gasteiger partial charge in [0.2, 0.25) is 0 Å². The van der Waals surface area contributed by atoms with Crippen LogP contribution in [0.5, 0.6) is 23.0 Å². The summed E-state index contributed by atoms with van der Waals surface area (Å²) in [5.74, 6) is 4.35. The standard InChI is InChI=1S/C21H19BrN2.2C12H12N4O.C9H10N4O.C8H7ClN4.C8H8N4O.C5H4BrClN2.C5H5ClN2.C4H7ClO.C3H4N2.CH4O.Na/c1-21(2,3)14-10-11-23-20(12-14)24-18-7-5-4-6-16(18)17-9-8-15(22)13-19(17)24;2*1-8-9(2)16-6-10(17)5-11(12(16)14-8)15-4-3-13-7-15;1-14-7-4-8(9(10)12-5-7)13-3-2-11-6-13;9-6-3-7(8(10)12-4-6)13-2-1-11-5-13;9-8-7(3-6(13)4-11-8)12-2-1-10-5-12;6-4-1-3(7)2-9-5(4)8;6-4-1-2-5(7)8-3-4;1-3(5)4(2)6;1-2-5-3-4-1;1-2;/h4-13H,1-3H3;2*3-7,17H,1-2H3;2-6H,1H3,(H2,10,12);1-5H,(H2,10,12);1-5,13H,(H2,9,11);1-2H,(H2,8,9);1-3H,(H2,7,8);3H,1-2H3;1-3H,(H,4,5);2H,1H3;. The van der Waals surface area contributed by atoms with Crippen LogP contribution in [-0.4, -0.2) is 186 Å². The number of aromatic nitrogens is 23. The number of alkyl halides is 1. The van der Waals surface area contributed by atoms with E-state index >= 15 is 0 Å². The molecule has 129 heavy (non-hydrogen) atoms. The van der Waals surface area contributed by atoms with E-state index in [0.717, 1.165) is 78.7 Å². The number of aliphatic hydroxyl groups excluding tert-OH is 1. The number of nitrogen functional groups attached to an aromatic ring is 5. The first-order chi connectivity index (χ1) is 61.3. The molecule has 0 saturated heterocycles. The molecule has 0 aliphatic carbocycles. The van der Waals surface area contributed by atoms with Crippen molar-refractivity contribution in [2.75, 3.05) is 42.9 Å². The third kappa shape index (κ3) is 28.4. The van der Waals surface area contributed by atoms with Crippen molar-refractivity contribution in [2.24, 2.45) is 0 Å². The number of fused-ring (bicyclic) bond motifs is 5. The van der Waals surface area contributed by atoms with Crippen LogP contribution >= 0.6 is 78.3 Å². The Labute approximate surface area is 800 Å². The van der Waals surface area contributed by atoms with Crippen molar-refractivity contribution in [3.05, 3.63) is 317 Å². The number of aliphatic hydroxyl groups is 1. The number of nitrogens with one attached hydrogen (secondary N) is 1. The Balaban J connectivity index is 0.000000181. The summed E-state index contributed by atoms with van der Waals surface area (Å²) in [7, 11) is 2.59. The van der Waals surface area contributed by atoms with Gasteiger partial charge in [-0.25, -0.2) is 69.8 Å². The Bertz CT molecular complexity index is 6460. The number of aryl methyl sites for hydroxylation is 4. The van der Waals surface area contributed by atoms with E-state index in [0.29, 0.717) is 55.6 Å². The number of aromatic hydroxyl groups is 3. The van der Waals surface area contributed by atoms with Crippen LogP contribution in [-0.2, 0) is 10.2 Å². The first-order valence-electron chi connectivity index (χ1n) is 38.3. The zero-order valence-corrected chi connectivity index (χ0v) is 80.2. The van der Waals surface area contributed by atoms with Gasteiger partial charge in [-0.05, 0) is 123 Å². The van der Waals surface area contributed by atoms with Crippen LogP contribution < -0.4 is 33.4 Å². The number of hydrogen-bond donors (Lipinski definition) is 10. The quantitative estimate of drug-likeness (QED) is 0.0499. The third-order valence-electron chi connectivity index (χ3n) is 18.1. The summed E-state index contributed by atoms with van der Waals surface area (Å²) in [4.78, 5) is 69.1. The van der Waals surface area contributed by atoms with Gasteiger partial charge in [-0.15, -0.1) is 11.6 Å². The van der Waals surface area contributed by atoms with Gasteiger partial charge in [0.15, 0.2) is 11.3 Å². The number of rotatable bonds is 8. The third-order valence-corrected chi connectivity index (χ3v) is 20.2. The Morgan fingerprint density at radius 1 is 0.496 bits per heavy atom. The second-order valence-corrected chi connectivity index (χ2v) is 31.7. The molecule has 0 fully saturated rings. The molecule has 34 nitrogen and oxygen atoms in total. The number of H-pyrrole nitrogens is 1. The maximum absolute atomic E-state index is 10.0. The van der Waals surface area contributed by atoms with E-state index in [1.54, 1.807) is 183 Å². The van der Waals surface area contributed by atoms with Crippen molar-refractivity contribution in [1.82, 2.24) is 111 Å². The molecule has 19 aromatic rings. The number of para-hydroxylation sites is 1. The number of nitrogens with two attached hydrogens (primary N) is 5. The molecule has 17 heterocycles. The first kappa shape index (κ1) is 101. The Morgan fingerprint density at radius 3 is 1.37 bits per heavy atom. The maximum Gasteiger partial charge on any atom is 0.161 e. The van der Waals surface area contributed by atoms with Crippen molar-refractivity contribution in [1.29, 1.82) is 0 Å². The summed E-state index contributed by atoms with van der Waals surface area (Å²) in [6, 6.07) is 32.8. The molecule has 19 rings (SSSR count). The summed E-state index contributed by atoms with van der Waals surface area (Å²) in [6.07, 6.45) is 43.3. The number of benzene rings is 2. The normalized spacial score (nSPS) is 10.6. The molecule has 1 radical (unpaired) electrons. The number of carbonyl (C=O) groups excluding carboxylic acids is 1. The largest absolute Gasteiger partial charge is 0.506 e. The topological polar surface area (TPSA) is 472 Å². The molecule has 0 bridgehead atoms. The van der Waals surface area contributed by atoms with Gasteiger partial charge in [-0.3, -0.25) is 18.2 Å². The summed E-state index contributed by atoms with van der Waals surface area (Å²) in [5.41, 5.74) is 40.7. The second kappa shape index (κ2) is 48.6. The van der Waals surface area contributed by atoms with E-state index in [4.69, 9.17) is 84.9 Å². The van der Waals surface area contributed by atoms with Gasteiger partial charge in [-0.1, -0.05) is 95.8 Å². The van der Waals surface area contributed by atoms with Crippen molar-refractivity contribution >= 4 is 176 Å². The molecular formula is C88H92Br2Cl4N28NaO6. The minimum absolute atomic E-state index is 0. The number of carbonyl (C=O) groups is 1. The van der Waals surface area contributed by atoms with Crippen LogP contribution in [0.25, 0.3) is 67.4 Å². The van der Waals surface area contributed by atoms with Crippen molar-refractivity contribution in [2.45, 2.75) is 73.1 Å². The first-order valence-corrected chi connectivity index (χ1v) is 41.5. The van der Waals surface area contributed by atoms with Crippen LogP contribution in [0, 0.1) is 27.7 Å². The fourth-order valence-electron chi connectivity index (χ4n) is 11.4. The van der Waals surface area contributed by atoms with Gasteiger partial charge < -0.3 is 81.7 Å². The predicted octanol–water partition coefficient (Wildman–Crippen LogP) is 17.1. The number of Topliss-reactive ketones (excluding diaryl/α,β-unsaturated/α-hetero) is 1. The number of ketones is 1. The summed E-state index contributed by atoms with van der Waals surface area (Å²) in [6.45, 7) is 17.7. The van der Waals surface area contributed by atoms with Crippen molar-refractivity contribution < 1.29 is 30.0 Å². The number of hydrogen-bond acceptors (Lipinski definition) is 25. The van der Waals surface area contributed by atoms with Crippen molar-refractivity contribution in [3.8, 4) is 57.3 Å². The zero-order valence-electron chi connectivity index (χ0n) is 72.0. The molecule has 2 aromatic carbocycles. The van der Waals surface area contributed by atoms with E-state index in [9.17, 15) is 20.1 Å². The van der Waals surface area contributed by atoms with Crippen LogP contribution in [0.1, 0.15) is 63.0 Å². The summed E-state index contributed by atoms with van der Waals surface area (Å²) < 4.78 is 21.8. The van der Waals surface area contributed by atoms with Crippen LogP contribution in [0.3, 0.4) is 0 Å². The summed E-state index contributed by atoms with van der Waals surface area (Å²) >= 11 is 28.9. The second-order valence-electron chi connectivity index (χ2n) is 28.0. The maximum atomic E-state index is 10.0. The number of anilines is 5. The Kier molecular flexibility index (Phi) is 38.1. The number of nitrogens with zero attached hydrogens (tertiary/aromatic N) is 22. The Hall–Kier alpha value is -13.3. The minimum atomic E-state index is -0.315. The SMILES string of the molecule is CC(=O)C(C)Cl.CC(C)(C)c1ccnc(-n2c3ccccc3c3ccc(Br)cc32)c1.CO.COc1cnc(N)c(-n2ccnc2)c1.Cc1nc2c(-n3ccnc3)cc(O)cn2c1C.Cc1nc2c(-n3ccnc3)cc(O)cn2c1C.Nc1ccc(Cl)cn1.Nc1ncc(Cl)cc1-n1ccnc1.Nc1ncc(Cl)cc1Br.Nc1ncc(O)cc1-n1ccnc1.[Na].c1c[nH]cn1. The van der Waals surface area contributed by atoms with E-state index < -0.39 is 0 Å². The number of halogens is 6. The van der Waals surface area contributed by atoms with E-state index in [1.807, 2.05) is 70.3 Å². The van der Waals surface area contributed by atoms with Gasteiger partial charge in [0.05, 0.1) is 146 Å². The summed E-state index contributed by atoms with van der Waals surface area (Å²) in [5, 5.41) is 39.6. The molecular weight excluding hydrogens is 1870 g/mol. The van der Waals surface area contributed by atoms with Gasteiger partial charge in [0.25, 0.3) is 0 Å². The molecule has 17 aromatic heterocycles. The molecule has 15 N–H and O–H groups in total. The smallest absolute Gasteiger partial charge is 0.161 e. The number of imidazole rings is 8. The van der Waals surface area contributed by atoms with Gasteiger partial charge >= 0.3 is 0 Å². The monoisotopic (exact) mass is 1960 g/mol. The number of aromatic amines is 1. The van der Waals surface area contributed by atoms with Crippen LogP contribution in [0.2, 0.25) is 15.1 Å². The fraction of sp³-hybridized carbons (Fsp3) is 0.148. The zero-order chi connectivity index (χ0) is 92.9. The molecule has 1 unspecified atom stereocenters. The predicted molar refractivity (Wildman–Crippen MR) is 516 cm³/mol. The molecule has 0 saturated carbocycles. The van der Waals surface area contributed by atoms with Crippen LogP contribution in [0.15, 0.2) is 274 Å².